The van der Waals surface area contributed by atoms with E-state index < -0.39 is 0 Å². The summed E-state index contributed by atoms with van der Waals surface area (Å²) in [5.41, 5.74) is 8.55. The highest BCUT2D eigenvalue weighted by atomic mass is 79.9. The molecule has 1 heterocycles. The van der Waals surface area contributed by atoms with Gasteiger partial charge in [0.15, 0.2) is 0 Å². The van der Waals surface area contributed by atoms with Crippen LogP contribution in [0.4, 0.5) is 5.69 Å². The van der Waals surface area contributed by atoms with Gasteiger partial charge in [-0.1, -0.05) is 15.9 Å². The van der Waals surface area contributed by atoms with Crippen molar-refractivity contribution < 1.29 is 9.21 Å². The lowest BCUT2D eigenvalue weighted by atomic mass is 10.1. The summed E-state index contributed by atoms with van der Waals surface area (Å²) in [6.07, 6.45) is 0. The van der Waals surface area contributed by atoms with Crippen LogP contribution in [0.1, 0.15) is 33.3 Å². The number of hydrogen-bond acceptors (Lipinski definition) is 4. The number of nitrogens with zero attached hydrogens (tertiary/aromatic N) is 1. The van der Waals surface area contributed by atoms with Crippen molar-refractivity contribution in [2.75, 3.05) is 5.73 Å². The van der Waals surface area contributed by atoms with E-state index in [0.29, 0.717) is 17.1 Å². The SMILES string of the molecule is Cc1nc(CNC(=O)c2cc(Br)cc(N)c2C)oc1C. The molecule has 0 saturated carbocycles. The smallest absolute Gasteiger partial charge is 0.252 e. The third-order valence-electron chi connectivity index (χ3n) is 3.13. The minimum atomic E-state index is -0.205. The Labute approximate surface area is 125 Å². The molecule has 5 nitrogen and oxygen atoms in total. The Morgan fingerprint density at radius 2 is 2.10 bits per heavy atom. The van der Waals surface area contributed by atoms with E-state index in [1.807, 2.05) is 20.8 Å². The molecule has 0 aliphatic rings. The molecule has 2 rings (SSSR count). The fourth-order valence-corrected chi connectivity index (χ4v) is 2.28. The standard InChI is InChI=1S/C14H16BrN3O2/c1-7-11(4-10(15)5-12(7)16)14(19)17-6-13-18-8(2)9(3)20-13/h4-5H,6,16H2,1-3H3,(H,17,19). The molecule has 106 valence electrons. The summed E-state index contributed by atoms with van der Waals surface area (Å²) in [6.45, 7) is 5.77. The van der Waals surface area contributed by atoms with E-state index in [1.54, 1.807) is 12.1 Å². The number of carbonyl (C=O) groups excluding carboxylic acids is 1. The number of anilines is 1. The molecule has 1 aromatic carbocycles. The monoisotopic (exact) mass is 337 g/mol. The van der Waals surface area contributed by atoms with Gasteiger partial charge >= 0.3 is 0 Å². The third kappa shape index (κ3) is 3.01. The normalized spacial score (nSPS) is 10.6. The number of aromatic nitrogens is 1. The minimum Gasteiger partial charge on any atom is -0.444 e. The van der Waals surface area contributed by atoms with Crippen molar-refractivity contribution in [3.63, 3.8) is 0 Å². The topological polar surface area (TPSA) is 81.2 Å². The fourth-order valence-electron chi connectivity index (χ4n) is 1.80. The van der Waals surface area contributed by atoms with Gasteiger partial charge in [-0.15, -0.1) is 0 Å². The summed E-state index contributed by atoms with van der Waals surface area (Å²) in [6, 6.07) is 3.51. The number of oxazole rings is 1. The molecule has 2 aromatic rings. The van der Waals surface area contributed by atoms with Crippen molar-refractivity contribution in [2.45, 2.75) is 27.3 Å². The van der Waals surface area contributed by atoms with E-state index in [2.05, 4.69) is 26.2 Å². The highest BCUT2D eigenvalue weighted by Crippen LogP contribution is 2.22. The second-order valence-corrected chi connectivity index (χ2v) is 5.52. The molecule has 0 bridgehead atoms. The molecular formula is C14H16BrN3O2. The van der Waals surface area contributed by atoms with Gasteiger partial charge in [-0.2, -0.15) is 0 Å². The van der Waals surface area contributed by atoms with Gasteiger partial charge in [0.2, 0.25) is 5.89 Å². The zero-order valence-electron chi connectivity index (χ0n) is 11.6. The average Bonchev–Trinajstić information content (AvgIpc) is 2.70. The van der Waals surface area contributed by atoms with Crippen molar-refractivity contribution in [3.05, 3.63) is 45.1 Å². The molecule has 0 radical (unpaired) electrons. The lowest BCUT2D eigenvalue weighted by Gasteiger charge is -2.09. The van der Waals surface area contributed by atoms with Crippen LogP contribution in [-0.2, 0) is 6.54 Å². The van der Waals surface area contributed by atoms with Gasteiger partial charge in [0.25, 0.3) is 5.91 Å². The summed E-state index contributed by atoms with van der Waals surface area (Å²) in [5.74, 6) is 1.05. The average molecular weight is 338 g/mol. The van der Waals surface area contributed by atoms with E-state index in [-0.39, 0.29) is 12.5 Å². The molecule has 0 unspecified atom stereocenters. The molecule has 0 atom stereocenters. The van der Waals surface area contributed by atoms with Gasteiger partial charge in [-0.25, -0.2) is 4.98 Å². The van der Waals surface area contributed by atoms with Crippen LogP contribution in [0.25, 0.3) is 0 Å². The van der Waals surface area contributed by atoms with Crippen LogP contribution in [-0.4, -0.2) is 10.9 Å². The molecular weight excluding hydrogens is 322 g/mol. The van der Waals surface area contributed by atoms with E-state index in [1.165, 1.54) is 0 Å². The Morgan fingerprint density at radius 3 is 2.70 bits per heavy atom. The van der Waals surface area contributed by atoms with Crippen LogP contribution in [0.3, 0.4) is 0 Å². The molecule has 0 spiro atoms. The second kappa shape index (κ2) is 5.66. The maximum absolute atomic E-state index is 12.2. The second-order valence-electron chi connectivity index (χ2n) is 4.60. The van der Waals surface area contributed by atoms with Gasteiger partial charge in [-0.3, -0.25) is 4.79 Å². The van der Waals surface area contributed by atoms with Crippen molar-refractivity contribution in [3.8, 4) is 0 Å². The maximum Gasteiger partial charge on any atom is 0.252 e. The molecule has 1 aromatic heterocycles. The first-order valence-corrected chi connectivity index (χ1v) is 6.94. The number of halogens is 1. The highest BCUT2D eigenvalue weighted by molar-refractivity contribution is 9.10. The van der Waals surface area contributed by atoms with Crippen LogP contribution in [0.5, 0.6) is 0 Å². The Balaban J connectivity index is 2.13. The Kier molecular flexibility index (Phi) is 4.13. The molecule has 0 aliphatic carbocycles. The summed E-state index contributed by atoms with van der Waals surface area (Å²) in [7, 11) is 0. The minimum absolute atomic E-state index is 0.205. The Hall–Kier alpha value is -1.82. The zero-order chi connectivity index (χ0) is 14.9. The fraction of sp³-hybridized carbons (Fsp3) is 0.286. The van der Waals surface area contributed by atoms with Gasteiger partial charge in [0.05, 0.1) is 12.2 Å². The number of amides is 1. The number of aryl methyl sites for hydroxylation is 2. The molecule has 0 saturated heterocycles. The Morgan fingerprint density at radius 1 is 1.40 bits per heavy atom. The summed E-state index contributed by atoms with van der Waals surface area (Å²) in [4.78, 5) is 16.4. The van der Waals surface area contributed by atoms with Crippen LogP contribution in [0.2, 0.25) is 0 Å². The van der Waals surface area contributed by atoms with Crippen molar-refractivity contribution in [2.24, 2.45) is 0 Å². The largest absolute Gasteiger partial charge is 0.444 e. The first-order chi connectivity index (χ1) is 9.38. The first-order valence-electron chi connectivity index (χ1n) is 6.15. The van der Waals surface area contributed by atoms with Crippen molar-refractivity contribution in [1.82, 2.24) is 10.3 Å². The molecule has 0 aliphatic heterocycles. The zero-order valence-corrected chi connectivity index (χ0v) is 13.2. The quantitative estimate of drug-likeness (QED) is 0.843. The van der Waals surface area contributed by atoms with E-state index in [9.17, 15) is 4.79 Å². The van der Waals surface area contributed by atoms with Gasteiger partial charge in [0, 0.05) is 15.7 Å². The van der Waals surface area contributed by atoms with Crippen LogP contribution < -0.4 is 11.1 Å². The number of nitrogens with one attached hydrogen (secondary N) is 1. The predicted molar refractivity (Wildman–Crippen MR) is 80.4 cm³/mol. The number of benzene rings is 1. The number of nitrogen functional groups attached to an aromatic ring is 1. The lowest BCUT2D eigenvalue weighted by Crippen LogP contribution is -2.24. The van der Waals surface area contributed by atoms with Crippen LogP contribution >= 0.6 is 15.9 Å². The molecule has 1 amide bonds. The molecule has 6 heteroatoms. The van der Waals surface area contributed by atoms with E-state index >= 15 is 0 Å². The summed E-state index contributed by atoms with van der Waals surface area (Å²) < 4.78 is 6.19. The molecule has 3 N–H and O–H groups in total. The van der Waals surface area contributed by atoms with E-state index in [4.69, 9.17) is 10.2 Å². The van der Waals surface area contributed by atoms with Crippen molar-refractivity contribution in [1.29, 1.82) is 0 Å². The predicted octanol–water partition coefficient (Wildman–Crippen LogP) is 2.87. The van der Waals surface area contributed by atoms with Gasteiger partial charge in [0.1, 0.15) is 5.76 Å². The number of hydrogen-bond donors (Lipinski definition) is 2. The number of carbonyl (C=O) groups is 1. The lowest BCUT2D eigenvalue weighted by molar-refractivity contribution is 0.0946. The molecule has 20 heavy (non-hydrogen) atoms. The third-order valence-corrected chi connectivity index (χ3v) is 3.59. The van der Waals surface area contributed by atoms with Crippen LogP contribution in [0, 0.1) is 20.8 Å². The van der Waals surface area contributed by atoms with Gasteiger partial charge in [-0.05, 0) is 38.5 Å². The maximum atomic E-state index is 12.2. The van der Waals surface area contributed by atoms with Crippen molar-refractivity contribution >= 4 is 27.5 Å². The van der Waals surface area contributed by atoms with Crippen LogP contribution in [0.15, 0.2) is 21.0 Å². The number of nitrogens with two attached hydrogens (primary N) is 1. The summed E-state index contributed by atoms with van der Waals surface area (Å²) in [5, 5.41) is 2.78. The summed E-state index contributed by atoms with van der Waals surface area (Å²) >= 11 is 3.33. The molecule has 0 fully saturated rings. The highest BCUT2D eigenvalue weighted by Gasteiger charge is 2.13. The first kappa shape index (κ1) is 14.6. The number of rotatable bonds is 3. The van der Waals surface area contributed by atoms with Gasteiger partial charge < -0.3 is 15.5 Å². The Bertz CT molecular complexity index is 645. The van der Waals surface area contributed by atoms with E-state index in [0.717, 1.165) is 21.5 Å².